The number of hydrogen-bond donors (Lipinski definition) is 1. The molecule has 1 heterocycles. The van der Waals surface area contributed by atoms with Gasteiger partial charge in [-0.3, -0.25) is 9.59 Å². The Labute approximate surface area is 138 Å². The predicted molar refractivity (Wildman–Crippen MR) is 88.0 cm³/mol. The Morgan fingerprint density at radius 3 is 2.74 bits per heavy atom. The highest BCUT2D eigenvalue weighted by Gasteiger charge is 2.26. The Bertz CT molecular complexity index is 759. The van der Waals surface area contributed by atoms with Crippen LogP contribution < -0.4 is 15.0 Å². The van der Waals surface area contributed by atoms with E-state index in [0.29, 0.717) is 28.6 Å². The van der Waals surface area contributed by atoms with Crippen molar-refractivity contribution < 1.29 is 14.3 Å². The number of carbonyl (C=O) groups is 2. The highest BCUT2D eigenvalue weighted by molar-refractivity contribution is 6.30. The Balaban J connectivity index is 1.78. The molecule has 118 valence electrons. The molecular weight excluding hydrogens is 316 g/mol. The van der Waals surface area contributed by atoms with Gasteiger partial charge in [0.1, 0.15) is 0 Å². The number of nitrogens with zero attached hydrogens (tertiary/aromatic N) is 1. The van der Waals surface area contributed by atoms with Gasteiger partial charge in [0.05, 0.1) is 11.3 Å². The fourth-order valence-electron chi connectivity index (χ4n) is 2.36. The van der Waals surface area contributed by atoms with Gasteiger partial charge in [0.25, 0.3) is 11.8 Å². The molecule has 3 rings (SSSR count). The van der Waals surface area contributed by atoms with Crippen LogP contribution in [-0.2, 0) is 11.3 Å². The van der Waals surface area contributed by atoms with Crippen molar-refractivity contribution in [2.45, 2.75) is 6.54 Å². The number of likely N-dealkylation sites (N-methyl/N-ethyl adjacent to an activating group) is 1. The summed E-state index contributed by atoms with van der Waals surface area (Å²) in [7, 11) is 1.67. The number of hydrogen-bond acceptors (Lipinski definition) is 3. The summed E-state index contributed by atoms with van der Waals surface area (Å²) in [5.41, 5.74) is 1.96. The summed E-state index contributed by atoms with van der Waals surface area (Å²) in [5.74, 6) is 0.0407. The number of nitrogens with one attached hydrogen (secondary N) is 1. The maximum absolute atomic E-state index is 12.4. The lowest BCUT2D eigenvalue weighted by Gasteiger charge is -2.27. The minimum absolute atomic E-state index is 0.0645. The van der Waals surface area contributed by atoms with Crippen LogP contribution >= 0.6 is 11.6 Å². The first-order valence-electron chi connectivity index (χ1n) is 7.11. The average Bonchev–Trinajstić information content (AvgIpc) is 2.57. The van der Waals surface area contributed by atoms with Gasteiger partial charge in [-0.1, -0.05) is 29.8 Å². The van der Waals surface area contributed by atoms with Crippen LogP contribution in [0, 0.1) is 0 Å². The third-order valence-corrected chi connectivity index (χ3v) is 3.93. The zero-order valence-corrected chi connectivity index (χ0v) is 13.3. The van der Waals surface area contributed by atoms with Crippen LogP contribution in [0.5, 0.6) is 5.75 Å². The number of halogens is 1. The zero-order chi connectivity index (χ0) is 16.4. The molecule has 0 saturated carbocycles. The number of anilines is 1. The van der Waals surface area contributed by atoms with Crippen molar-refractivity contribution in [1.82, 2.24) is 5.32 Å². The second kappa shape index (κ2) is 6.30. The van der Waals surface area contributed by atoms with Crippen LogP contribution in [0.4, 0.5) is 5.69 Å². The van der Waals surface area contributed by atoms with Gasteiger partial charge in [-0.15, -0.1) is 0 Å². The van der Waals surface area contributed by atoms with Crippen molar-refractivity contribution in [2.75, 3.05) is 18.6 Å². The molecule has 0 radical (unpaired) electrons. The second-order valence-electron chi connectivity index (χ2n) is 5.20. The maximum Gasteiger partial charge on any atom is 0.264 e. The van der Waals surface area contributed by atoms with E-state index in [1.54, 1.807) is 37.4 Å². The van der Waals surface area contributed by atoms with Gasteiger partial charge in [0, 0.05) is 18.6 Å². The molecule has 0 spiro atoms. The van der Waals surface area contributed by atoms with E-state index in [0.717, 1.165) is 5.56 Å². The van der Waals surface area contributed by atoms with Crippen LogP contribution in [0.15, 0.2) is 42.5 Å². The Hall–Kier alpha value is -2.53. The number of carbonyl (C=O) groups excluding carboxylic acids is 2. The van der Waals surface area contributed by atoms with Crippen molar-refractivity contribution in [3.05, 3.63) is 58.6 Å². The molecule has 0 saturated heterocycles. The zero-order valence-electron chi connectivity index (χ0n) is 12.5. The Morgan fingerprint density at radius 2 is 2.00 bits per heavy atom. The van der Waals surface area contributed by atoms with Gasteiger partial charge in [-0.05, 0) is 29.8 Å². The van der Waals surface area contributed by atoms with E-state index in [4.69, 9.17) is 16.3 Å². The van der Waals surface area contributed by atoms with Gasteiger partial charge in [0.2, 0.25) is 0 Å². The van der Waals surface area contributed by atoms with Crippen LogP contribution in [0.1, 0.15) is 15.9 Å². The summed E-state index contributed by atoms with van der Waals surface area (Å²) in [6.45, 7) is 0.319. The number of benzene rings is 2. The van der Waals surface area contributed by atoms with E-state index in [1.807, 2.05) is 12.1 Å². The number of ether oxygens (including phenoxy) is 1. The molecule has 1 N–H and O–H groups in total. The molecule has 0 aromatic heterocycles. The van der Waals surface area contributed by atoms with Crippen molar-refractivity contribution in [2.24, 2.45) is 0 Å². The molecule has 1 aliphatic rings. The summed E-state index contributed by atoms with van der Waals surface area (Å²) >= 11 is 5.84. The lowest BCUT2D eigenvalue weighted by molar-refractivity contribution is -0.121. The van der Waals surface area contributed by atoms with Crippen LogP contribution in [0.3, 0.4) is 0 Å². The van der Waals surface area contributed by atoms with E-state index < -0.39 is 0 Å². The van der Waals surface area contributed by atoms with Gasteiger partial charge in [-0.25, -0.2) is 0 Å². The topological polar surface area (TPSA) is 58.6 Å². The van der Waals surface area contributed by atoms with Gasteiger partial charge in [0.15, 0.2) is 12.4 Å². The molecule has 1 aliphatic heterocycles. The highest BCUT2D eigenvalue weighted by atomic mass is 35.5. The van der Waals surface area contributed by atoms with E-state index >= 15 is 0 Å². The van der Waals surface area contributed by atoms with Crippen LogP contribution in [0.25, 0.3) is 0 Å². The molecule has 23 heavy (non-hydrogen) atoms. The largest absolute Gasteiger partial charge is 0.481 e. The molecule has 0 fully saturated rings. The van der Waals surface area contributed by atoms with Crippen molar-refractivity contribution in [3.63, 3.8) is 0 Å². The molecule has 2 aromatic carbocycles. The van der Waals surface area contributed by atoms with Crippen molar-refractivity contribution >= 4 is 29.1 Å². The minimum atomic E-state index is -0.250. The standard InChI is InChI=1S/C17H15ClN2O3/c1-20-14-4-2-3-13(16(14)23-10-15(20)21)17(22)19-9-11-5-7-12(18)8-6-11/h2-8H,9-10H2,1H3,(H,19,22). The third-order valence-electron chi connectivity index (χ3n) is 3.68. The summed E-state index contributed by atoms with van der Waals surface area (Å²) in [6.07, 6.45) is 0. The average molecular weight is 331 g/mol. The number of para-hydroxylation sites is 1. The van der Waals surface area contributed by atoms with Crippen molar-refractivity contribution in [1.29, 1.82) is 0 Å². The molecular formula is C17H15ClN2O3. The number of fused-ring (bicyclic) bond motifs is 1. The van der Waals surface area contributed by atoms with Gasteiger partial charge < -0.3 is 15.0 Å². The first kappa shape index (κ1) is 15.4. The molecule has 0 aliphatic carbocycles. The first-order valence-corrected chi connectivity index (χ1v) is 7.49. The van der Waals surface area contributed by atoms with Gasteiger partial charge in [-0.2, -0.15) is 0 Å². The number of amides is 2. The molecule has 5 nitrogen and oxygen atoms in total. The number of rotatable bonds is 3. The third kappa shape index (κ3) is 3.14. The van der Waals surface area contributed by atoms with Crippen molar-refractivity contribution in [3.8, 4) is 5.75 Å². The second-order valence-corrected chi connectivity index (χ2v) is 5.64. The highest BCUT2D eigenvalue weighted by Crippen LogP contribution is 2.34. The molecule has 2 aromatic rings. The lowest BCUT2D eigenvalue weighted by atomic mass is 10.1. The first-order chi connectivity index (χ1) is 11.1. The summed E-state index contributed by atoms with van der Waals surface area (Å²) in [5, 5.41) is 3.50. The fourth-order valence-corrected chi connectivity index (χ4v) is 2.49. The van der Waals surface area contributed by atoms with E-state index in [1.165, 1.54) is 4.90 Å². The normalized spacial score (nSPS) is 13.3. The maximum atomic E-state index is 12.4. The Kier molecular flexibility index (Phi) is 4.21. The minimum Gasteiger partial charge on any atom is -0.481 e. The lowest BCUT2D eigenvalue weighted by Crippen LogP contribution is -2.36. The van der Waals surface area contributed by atoms with E-state index in [2.05, 4.69) is 5.32 Å². The summed E-state index contributed by atoms with van der Waals surface area (Å²) in [4.78, 5) is 25.6. The van der Waals surface area contributed by atoms with Crippen LogP contribution in [-0.4, -0.2) is 25.5 Å². The quantitative estimate of drug-likeness (QED) is 0.941. The molecule has 0 bridgehead atoms. The monoisotopic (exact) mass is 330 g/mol. The predicted octanol–water partition coefficient (Wildman–Crippen LogP) is 2.63. The SMILES string of the molecule is CN1C(=O)COc2c(C(=O)NCc3ccc(Cl)cc3)cccc21. The van der Waals surface area contributed by atoms with E-state index in [9.17, 15) is 9.59 Å². The molecule has 0 unspecified atom stereocenters. The van der Waals surface area contributed by atoms with Crippen LogP contribution in [0.2, 0.25) is 5.02 Å². The van der Waals surface area contributed by atoms with E-state index in [-0.39, 0.29) is 18.4 Å². The smallest absolute Gasteiger partial charge is 0.264 e. The summed E-state index contributed by atoms with van der Waals surface area (Å²) < 4.78 is 5.46. The molecule has 0 atom stereocenters. The summed E-state index contributed by atoms with van der Waals surface area (Å²) in [6, 6.07) is 12.4. The molecule has 2 amide bonds. The van der Waals surface area contributed by atoms with Gasteiger partial charge >= 0.3 is 0 Å². The molecule has 6 heteroatoms. The fraction of sp³-hybridized carbons (Fsp3) is 0.176. The Morgan fingerprint density at radius 1 is 1.26 bits per heavy atom.